The minimum Gasteiger partial charge on any atom is -0.421 e. The minimum absolute atomic E-state index is 0.167. The zero-order chi connectivity index (χ0) is 15.2. The van der Waals surface area contributed by atoms with E-state index in [0.717, 1.165) is 0 Å². The van der Waals surface area contributed by atoms with E-state index >= 15 is 0 Å². The average molecular weight is 315 g/mol. The van der Waals surface area contributed by atoms with Gasteiger partial charge < -0.3 is 4.42 Å². The molecule has 0 spiro atoms. The number of rotatable bonds is 1. The zero-order valence-corrected chi connectivity index (χ0v) is 13.6. The van der Waals surface area contributed by atoms with Gasteiger partial charge in [0.05, 0.1) is 4.90 Å². The van der Waals surface area contributed by atoms with Crippen molar-refractivity contribution in [3.05, 3.63) is 38.5 Å². The SMILES string of the molecule is Cc1c(C)c2cc(F)c(SC(C)(C)C)c(Cl)c2oc1=O. The fourth-order valence-corrected chi connectivity index (χ4v) is 3.18. The lowest BCUT2D eigenvalue weighted by Gasteiger charge is -2.19. The van der Waals surface area contributed by atoms with Crippen LogP contribution in [0, 0.1) is 19.7 Å². The van der Waals surface area contributed by atoms with Gasteiger partial charge in [-0.05, 0) is 25.5 Å². The van der Waals surface area contributed by atoms with Crippen LogP contribution in [0.4, 0.5) is 4.39 Å². The fourth-order valence-electron chi connectivity index (χ4n) is 1.89. The first kappa shape index (κ1) is 15.4. The number of thioether (sulfide) groups is 1. The maximum atomic E-state index is 14.3. The van der Waals surface area contributed by atoms with Crippen molar-refractivity contribution in [3.63, 3.8) is 0 Å². The van der Waals surface area contributed by atoms with Gasteiger partial charge >= 0.3 is 5.63 Å². The Bertz CT molecular complexity index is 744. The molecule has 0 amide bonds. The number of fused-ring (bicyclic) bond motifs is 1. The maximum Gasteiger partial charge on any atom is 0.339 e. The Labute approximate surface area is 126 Å². The smallest absolute Gasteiger partial charge is 0.339 e. The molecule has 0 N–H and O–H groups in total. The summed E-state index contributed by atoms with van der Waals surface area (Å²) >= 11 is 7.57. The number of halogens is 2. The third-order valence-electron chi connectivity index (χ3n) is 3.01. The highest BCUT2D eigenvalue weighted by molar-refractivity contribution is 8.00. The molecule has 1 aromatic carbocycles. The van der Waals surface area contributed by atoms with Gasteiger partial charge in [-0.3, -0.25) is 0 Å². The Morgan fingerprint density at radius 3 is 2.40 bits per heavy atom. The number of benzene rings is 1. The topological polar surface area (TPSA) is 30.2 Å². The molecular formula is C15H16ClFO2S. The van der Waals surface area contributed by atoms with Gasteiger partial charge in [-0.1, -0.05) is 32.4 Å². The first-order valence-electron chi connectivity index (χ1n) is 6.23. The summed E-state index contributed by atoms with van der Waals surface area (Å²) in [5.41, 5.74) is 0.997. The van der Waals surface area contributed by atoms with Crippen molar-refractivity contribution in [1.29, 1.82) is 0 Å². The molecule has 2 aromatic rings. The van der Waals surface area contributed by atoms with Crippen LogP contribution in [0.15, 0.2) is 20.2 Å². The van der Waals surface area contributed by atoms with E-state index in [0.29, 0.717) is 21.4 Å². The van der Waals surface area contributed by atoms with Crippen molar-refractivity contribution in [2.24, 2.45) is 0 Å². The molecule has 0 saturated heterocycles. The highest BCUT2D eigenvalue weighted by Crippen LogP contribution is 2.42. The van der Waals surface area contributed by atoms with Crippen LogP contribution in [-0.2, 0) is 0 Å². The summed E-state index contributed by atoms with van der Waals surface area (Å²) in [5.74, 6) is -0.390. The predicted octanol–water partition coefficient (Wildman–Crippen LogP) is 5.09. The van der Waals surface area contributed by atoms with E-state index < -0.39 is 11.4 Å². The van der Waals surface area contributed by atoms with E-state index in [-0.39, 0.29) is 15.4 Å². The first-order chi connectivity index (χ1) is 9.11. The molecule has 0 aliphatic heterocycles. The van der Waals surface area contributed by atoms with Gasteiger partial charge in [0.2, 0.25) is 0 Å². The van der Waals surface area contributed by atoms with Gasteiger partial charge in [0.15, 0.2) is 5.58 Å². The van der Waals surface area contributed by atoms with Gasteiger partial charge in [-0.25, -0.2) is 9.18 Å². The fraction of sp³-hybridized carbons (Fsp3) is 0.400. The largest absolute Gasteiger partial charge is 0.421 e. The van der Waals surface area contributed by atoms with Crippen LogP contribution in [0.3, 0.4) is 0 Å². The normalized spacial score (nSPS) is 12.2. The lowest BCUT2D eigenvalue weighted by molar-refractivity contribution is 0.547. The van der Waals surface area contributed by atoms with Crippen LogP contribution in [-0.4, -0.2) is 4.75 Å². The van der Waals surface area contributed by atoms with Gasteiger partial charge in [-0.15, -0.1) is 11.8 Å². The molecule has 2 nitrogen and oxygen atoms in total. The van der Waals surface area contributed by atoms with E-state index in [1.54, 1.807) is 13.8 Å². The number of hydrogen-bond acceptors (Lipinski definition) is 3. The third kappa shape index (κ3) is 2.72. The molecule has 0 unspecified atom stereocenters. The molecule has 0 radical (unpaired) electrons. The van der Waals surface area contributed by atoms with Crippen molar-refractivity contribution in [3.8, 4) is 0 Å². The molecule has 1 aromatic heterocycles. The molecule has 5 heteroatoms. The van der Waals surface area contributed by atoms with Gasteiger partial charge in [0.1, 0.15) is 10.8 Å². The Kier molecular flexibility index (Phi) is 3.91. The average Bonchev–Trinajstić information content (AvgIpc) is 2.33. The van der Waals surface area contributed by atoms with Crippen molar-refractivity contribution >= 4 is 34.3 Å². The maximum absolute atomic E-state index is 14.3. The molecule has 108 valence electrons. The summed E-state index contributed by atoms with van der Waals surface area (Å²) in [4.78, 5) is 12.1. The molecule has 20 heavy (non-hydrogen) atoms. The molecule has 0 atom stereocenters. The second-order valence-corrected chi connectivity index (χ2v) is 7.95. The van der Waals surface area contributed by atoms with Crippen LogP contribution >= 0.6 is 23.4 Å². The van der Waals surface area contributed by atoms with Gasteiger partial charge in [-0.2, -0.15) is 0 Å². The van der Waals surface area contributed by atoms with Gasteiger partial charge in [0.25, 0.3) is 0 Å². The standard InChI is InChI=1S/C15H16ClFO2S/c1-7-8(2)14(18)19-12-9(7)6-10(17)13(11(12)16)20-15(3,4)5/h6H,1-5H3. The lowest BCUT2D eigenvalue weighted by atomic mass is 10.1. The minimum atomic E-state index is -0.435. The van der Waals surface area contributed by atoms with Crippen molar-refractivity contribution in [1.82, 2.24) is 0 Å². The highest BCUT2D eigenvalue weighted by atomic mass is 35.5. The summed E-state index contributed by atoms with van der Waals surface area (Å²) in [6, 6.07) is 1.39. The van der Waals surface area contributed by atoms with Crippen molar-refractivity contribution in [2.75, 3.05) is 0 Å². The summed E-state index contributed by atoms with van der Waals surface area (Å²) in [7, 11) is 0. The monoisotopic (exact) mass is 314 g/mol. The lowest BCUT2D eigenvalue weighted by Crippen LogP contribution is -2.09. The second kappa shape index (κ2) is 5.08. The summed E-state index contributed by atoms with van der Waals surface area (Å²) in [6.45, 7) is 9.32. The molecular weight excluding hydrogens is 299 g/mol. The number of hydrogen-bond donors (Lipinski definition) is 0. The predicted molar refractivity (Wildman–Crippen MR) is 82.5 cm³/mol. The first-order valence-corrected chi connectivity index (χ1v) is 7.42. The van der Waals surface area contributed by atoms with Crippen molar-refractivity contribution < 1.29 is 8.81 Å². The van der Waals surface area contributed by atoms with E-state index in [1.807, 2.05) is 20.8 Å². The van der Waals surface area contributed by atoms with E-state index in [2.05, 4.69) is 0 Å². The molecule has 0 aliphatic carbocycles. The molecule has 0 aliphatic rings. The summed E-state index contributed by atoms with van der Waals surface area (Å²) < 4.78 is 19.3. The molecule has 0 bridgehead atoms. The van der Waals surface area contributed by atoms with E-state index in [1.165, 1.54) is 17.8 Å². The van der Waals surface area contributed by atoms with Crippen LogP contribution in [0.1, 0.15) is 31.9 Å². The Morgan fingerprint density at radius 1 is 1.25 bits per heavy atom. The second-order valence-electron chi connectivity index (χ2n) is 5.73. The third-order valence-corrected chi connectivity index (χ3v) is 4.70. The molecule has 1 heterocycles. The van der Waals surface area contributed by atoms with E-state index in [9.17, 15) is 9.18 Å². The van der Waals surface area contributed by atoms with E-state index in [4.69, 9.17) is 16.0 Å². The number of aryl methyl sites for hydroxylation is 1. The van der Waals surface area contributed by atoms with Crippen LogP contribution in [0.2, 0.25) is 5.02 Å². The molecule has 0 saturated carbocycles. The Hall–Kier alpha value is -1.00. The van der Waals surface area contributed by atoms with Gasteiger partial charge in [0, 0.05) is 15.7 Å². The highest BCUT2D eigenvalue weighted by Gasteiger charge is 2.22. The molecule has 0 fully saturated rings. The quantitative estimate of drug-likeness (QED) is 0.542. The zero-order valence-electron chi connectivity index (χ0n) is 12.1. The summed E-state index contributed by atoms with van der Waals surface area (Å²) in [5, 5.41) is 0.711. The van der Waals surface area contributed by atoms with Crippen LogP contribution in [0.5, 0.6) is 0 Å². The Morgan fingerprint density at radius 2 is 1.85 bits per heavy atom. The Balaban J connectivity index is 2.83. The van der Waals surface area contributed by atoms with Crippen LogP contribution < -0.4 is 5.63 Å². The summed E-state index contributed by atoms with van der Waals surface area (Å²) in [6.07, 6.45) is 0. The molecule has 2 rings (SSSR count). The van der Waals surface area contributed by atoms with Crippen LogP contribution in [0.25, 0.3) is 11.0 Å². The van der Waals surface area contributed by atoms with Crippen molar-refractivity contribution in [2.45, 2.75) is 44.3 Å².